The molecule has 172 valence electrons. The maximum atomic E-state index is 13.0. The van der Waals surface area contributed by atoms with Crippen LogP contribution in [-0.2, 0) is 25.7 Å². The van der Waals surface area contributed by atoms with Crippen molar-refractivity contribution in [3.8, 4) is 0 Å². The van der Waals surface area contributed by atoms with E-state index in [4.69, 9.17) is 9.47 Å². The molecule has 0 aliphatic carbocycles. The first-order valence-corrected chi connectivity index (χ1v) is 11.3. The fourth-order valence-corrected chi connectivity index (χ4v) is 4.07. The van der Waals surface area contributed by atoms with Crippen LogP contribution in [0.25, 0.3) is 10.8 Å². The lowest BCUT2D eigenvalue weighted by Crippen LogP contribution is -2.60. The lowest BCUT2D eigenvalue weighted by Gasteiger charge is -2.34. The minimum atomic E-state index is -1.10. The monoisotopic (exact) mass is 438 g/mol. The van der Waals surface area contributed by atoms with Crippen LogP contribution in [0.1, 0.15) is 39.2 Å². The maximum absolute atomic E-state index is 13.0. The van der Waals surface area contributed by atoms with E-state index in [1.165, 1.54) is 16.8 Å². The van der Waals surface area contributed by atoms with E-state index < -0.39 is 17.6 Å². The SMILES string of the molecule is C=CCOC(=O)[C@@](C)(NC(=O)C1C[C@@H](OCc2cccc3ccccc23)CN1)C(C)CC. The van der Waals surface area contributed by atoms with Crippen molar-refractivity contribution >= 4 is 22.6 Å². The maximum Gasteiger partial charge on any atom is 0.332 e. The molecule has 2 aromatic carbocycles. The van der Waals surface area contributed by atoms with Gasteiger partial charge in [-0.1, -0.05) is 75.4 Å². The smallest absolute Gasteiger partial charge is 0.332 e. The fourth-order valence-electron chi connectivity index (χ4n) is 4.07. The zero-order chi connectivity index (χ0) is 23.1. The van der Waals surface area contributed by atoms with Crippen LogP contribution in [0.5, 0.6) is 0 Å². The summed E-state index contributed by atoms with van der Waals surface area (Å²) in [6.07, 6.45) is 2.73. The van der Waals surface area contributed by atoms with Gasteiger partial charge in [0.15, 0.2) is 0 Å². The summed E-state index contributed by atoms with van der Waals surface area (Å²) in [5, 5.41) is 8.55. The highest BCUT2D eigenvalue weighted by molar-refractivity contribution is 5.90. The molecule has 4 atom stereocenters. The largest absolute Gasteiger partial charge is 0.460 e. The van der Waals surface area contributed by atoms with E-state index in [0.717, 1.165) is 12.0 Å². The molecule has 0 saturated carbocycles. The third-order valence-electron chi connectivity index (χ3n) is 6.50. The second-order valence-electron chi connectivity index (χ2n) is 8.66. The summed E-state index contributed by atoms with van der Waals surface area (Å²) in [5.74, 6) is -0.731. The molecule has 3 rings (SSSR count). The van der Waals surface area contributed by atoms with Crippen LogP contribution in [0.15, 0.2) is 55.1 Å². The Morgan fingerprint density at radius 2 is 2.03 bits per heavy atom. The Morgan fingerprint density at radius 3 is 2.78 bits per heavy atom. The highest BCUT2D eigenvalue weighted by Crippen LogP contribution is 2.24. The van der Waals surface area contributed by atoms with E-state index in [9.17, 15) is 9.59 Å². The van der Waals surface area contributed by atoms with Crippen molar-refractivity contribution in [2.24, 2.45) is 5.92 Å². The molecule has 1 aliphatic rings. The zero-order valence-corrected chi connectivity index (χ0v) is 19.2. The number of carbonyl (C=O) groups excluding carboxylic acids is 2. The van der Waals surface area contributed by atoms with Crippen molar-refractivity contribution < 1.29 is 19.1 Å². The van der Waals surface area contributed by atoms with E-state index in [-0.39, 0.29) is 24.5 Å². The lowest BCUT2D eigenvalue weighted by molar-refractivity contribution is -0.154. The van der Waals surface area contributed by atoms with Gasteiger partial charge in [0.1, 0.15) is 12.1 Å². The summed E-state index contributed by atoms with van der Waals surface area (Å²) >= 11 is 0. The molecule has 0 radical (unpaired) electrons. The molecule has 2 aromatic rings. The molecule has 1 saturated heterocycles. The number of benzene rings is 2. The molecule has 0 bridgehead atoms. The van der Waals surface area contributed by atoms with Crippen LogP contribution < -0.4 is 10.6 Å². The summed E-state index contributed by atoms with van der Waals surface area (Å²) in [6.45, 7) is 10.4. The predicted molar refractivity (Wildman–Crippen MR) is 126 cm³/mol. The van der Waals surface area contributed by atoms with E-state index in [2.05, 4.69) is 41.5 Å². The molecule has 6 heteroatoms. The van der Waals surface area contributed by atoms with Gasteiger partial charge in [-0.25, -0.2) is 4.79 Å². The predicted octanol–water partition coefficient (Wildman–Crippen LogP) is 3.74. The Labute approximate surface area is 190 Å². The van der Waals surface area contributed by atoms with Gasteiger partial charge >= 0.3 is 5.97 Å². The van der Waals surface area contributed by atoms with E-state index >= 15 is 0 Å². The summed E-state index contributed by atoms with van der Waals surface area (Å²) in [4.78, 5) is 25.7. The van der Waals surface area contributed by atoms with Crippen molar-refractivity contribution in [3.63, 3.8) is 0 Å². The molecule has 0 spiro atoms. The lowest BCUT2D eigenvalue weighted by atomic mass is 9.84. The van der Waals surface area contributed by atoms with Crippen molar-refractivity contribution in [1.82, 2.24) is 10.6 Å². The van der Waals surface area contributed by atoms with Crippen molar-refractivity contribution in [2.75, 3.05) is 13.2 Å². The number of ether oxygens (including phenoxy) is 2. The van der Waals surface area contributed by atoms with Crippen molar-refractivity contribution in [3.05, 3.63) is 60.7 Å². The topological polar surface area (TPSA) is 76.7 Å². The quantitative estimate of drug-likeness (QED) is 0.437. The van der Waals surface area contributed by atoms with Gasteiger partial charge in [-0.15, -0.1) is 0 Å². The Bertz CT molecular complexity index is 954. The van der Waals surface area contributed by atoms with Gasteiger partial charge < -0.3 is 20.1 Å². The molecule has 1 amide bonds. The average Bonchev–Trinajstić information content (AvgIpc) is 3.29. The number of amides is 1. The van der Waals surface area contributed by atoms with Crippen LogP contribution in [0, 0.1) is 5.92 Å². The zero-order valence-electron chi connectivity index (χ0n) is 19.2. The standard InChI is InChI=1S/C26H34N2O4/c1-5-14-31-25(30)26(4,18(3)6-2)28-24(29)23-15-21(16-27-23)32-17-20-12-9-11-19-10-7-8-13-22(19)20/h5,7-13,18,21,23,27H,1,6,14-17H2,2-4H3,(H,28,29)/t18?,21-,23?,26+/m1/s1. The first kappa shape index (κ1) is 24.0. The average molecular weight is 439 g/mol. The van der Waals surface area contributed by atoms with E-state index in [1.807, 2.05) is 32.0 Å². The highest BCUT2D eigenvalue weighted by Gasteiger charge is 2.43. The summed E-state index contributed by atoms with van der Waals surface area (Å²) in [7, 11) is 0. The number of hydrogen-bond acceptors (Lipinski definition) is 5. The molecule has 1 fully saturated rings. The molecule has 32 heavy (non-hydrogen) atoms. The fraction of sp³-hybridized carbons (Fsp3) is 0.462. The van der Waals surface area contributed by atoms with Gasteiger partial charge in [0, 0.05) is 6.54 Å². The number of hydrogen-bond donors (Lipinski definition) is 2. The molecule has 1 heterocycles. The third-order valence-corrected chi connectivity index (χ3v) is 6.50. The Morgan fingerprint density at radius 1 is 1.28 bits per heavy atom. The molecule has 2 N–H and O–H groups in total. The number of esters is 1. The van der Waals surface area contributed by atoms with Gasteiger partial charge in [-0.2, -0.15) is 0 Å². The van der Waals surface area contributed by atoms with Crippen LogP contribution in [-0.4, -0.2) is 42.7 Å². The molecule has 1 aliphatic heterocycles. The Kier molecular flexibility index (Phi) is 8.04. The first-order valence-electron chi connectivity index (χ1n) is 11.3. The molecule has 2 unspecified atom stereocenters. The number of nitrogens with one attached hydrogen (secondary N) is 2. The summed E-state index contributed by atoms with van der Waals surface area (Å²) in [5.41, 5.74) is 0.0311. The second kappa shape index (κ2) is 10.7. The molecule has 0 aromatic heterocycles. The van der Waals surface area contributed by atoms with Gasteiger partial charge in [-0.05, 0) is 35.6 Å². The van der Waals surface area contributed by atoms with Gasteiger partial charge in [0.2, 0.25) is 5.91 Å². The Hall–Kier alpha value is -2.70. The molecule has 6 nitrogen and oxygen atoms in total. The normalized spacial score (nSPS) is 21.0. The minimum absolute atomic E-state index is 0.0766. The number of fused-ring (bicyclic) bond motifs is 1. The first-order chi connectivity index (χ1) is 15.4. The number of carbonyl (C=O) groups is 2. The van der Waals surface area contributed by atoms with E-state index in [1.54, 1.807) is 6.92 Å². The van der Waals surface area contributed by atoms with Crippen LogP contribution in [0.2, 0.25) is 0 Å². The van der Waals surface area contributed by atoms with Crippen molar-refractivity contribution in [2.45, 2.75) is 57.9 Å². The number of rotatable bonds is 10. The third kappa shape index (κ3) is 5.37. The minimum Gasteiger partial charge on any atom is -0.460 e. The van der Waals surface area contributed by atoms with Crippen LogP contribution >= 0.6 is 0 Å². The highest BCUT2D eigenvalue weighted by atomic mass is 16.5. The summed E-state index contributed by atoms with van der Waals surface area (Å²) < 4.78 is 11.4. The Balaban J connectivity index is 1.59. The van der Waals surface area contributed by atoms with Crippen LogP contribution in [0.4, 0.5) is 0 Å². The molecular weight excluding hydrogens is 404 g/mol. The van der Waals surface area contributed by atoms with Crippen LogP contribution in [0.3, 0.4) is 0 Å². The molecular formula is C26H34N2O4. The summed E-state index contributed by atoms with van der Waals surface area (Å²) in [6, 6.07) is 14.0. The van der Waals surface area contributed by atoms with Crippen molar-refractivity contribution in [1.29, 1.82) is 0 Å². The second-order valence-corrected chi connectivity index (χ2v) is 8.66. The van der Waals surface area contributed by atoms with Gasteiger partial charge in [0.25, 0.3) is 0 Å². The van der Waals surface area contributed by atoms with E-state index in [0.29, 0.717) is 19.6 Å². The van der Waals surface area contributed by atoms with Gasteiger partial charge in [0.05, 0.1) is 18.8 Å². The van der Waals surface area contributed by atoms with Gasteiger partial charge in [-0.3, -0.25) is 4.79 Å².